The van der Waals surface area contributed by atoms with Crippen LogP contribution in [0.1, 0.15) is 0 Å². The van der Waals surface area contributed by atoms with Crippen molar-refractivity contribution in [2.24, 2.45) is 0 Å². The molecule has 2 heteroatoms. The number of fused-ring (bicyclic) bond motifs is 10. The van der Waals surface area contributed by atoms with Crippen molar-refractivity contribution >= 4 is 98.7 Å². The van der Waals surface area contributed by atoms with Gasteiger partial charge in [-0.3, -0.25) is 0 Å². The summed E-state index contributed by atoms with van der Waals surface area (Å²) in [5.74, 6) is 0. The zero-order valence-corrected chi connectivity index (χ0v) is 37.6. The Kier molecular flexibility index (Phi) is 8.37. The van der Waals surface area contributed by atoms with E-state index in [9.17, 15) is 0 Å². The van der Waals surface area contributed by atoms with Gasteiger partial charge in [-0.05, 0) is 18.2 Å². The van der Waals surface area contributed by atoms with Gasteiger partial charge in [0.25, 0.3) is 0 Å². The number of aromatic nitrogens is 1. The standard InChI is InChI=1S/C64H39NSe/c1-3-18-40(19-4-1)60-49-27-11-13-29-51(49)63(52-30-14-12-28-50(52)60)54-31-17-33-58-64(54)53-36-34-42(39-59(53)66-58)62-47-25-9-7-23-45(47)61(46-24-8-10-26-48(46)62)41-35-37-57-55(38-41)44-22-15-16-32-56(44)65(57)43-20-5-2-6-21-43/h1-39H. The van der Waals surface area contributed by atoms with Gasteiger partial charge in [-0.15, -0.1) is 0 Å². The first-order valence-electron chi connectivity index (χ1n) is 22.8. The van der Waals surface area contributed by atoms with E-state index in [0.29, 0.717) is 0 Å². The molecule has 0 unspecified atom stereocenters. The third-order valence-corrected chi connectivity index (χ3v) is 16.3. The maximum atomic E-state index is 2.52. The van der Waals surface area contributed by atoms with Crippen LogP contribution >= 0.6 is 0 Å². The van der Waals surface area contributed by atoms with Gasteiger partial charge >= 0.3 is 336 Å². The van der Waals surface area contributed by atoms with Crippen molar-refractivity contribution in [3.8, 4) is 50.2 Å². The minimum absolute atomic E-state index is 0.145. The summed E-state index contributed by atoms with van der Waals surface area (Å²) in [5, 5.41) is 15.5. The fraction of sp³-hybridized carbons (Fsp3) is 0. The molecule has 0 bridgehead atoms. The van der Waals surface area contributed by atoms with Crippen molar-refractivity contribution in [3.05, 3.63) is 237 Å². The number of para-hydroxylation sites is 2. The van der Waals surface area contributed by atoms with Crippen LogP contribution < -0.4 is 0 Å². The van der Waals surface area contributed by atoms with Gasteiger partial charge in [-0.25, -0.2) is 0 Å². The molecule has 66 heavy (non-hydrogen) atoms. The van der Waals surface area contributed by atoms with Crippen molar-refractivity contribution in [3.63, 3.8) is 0 Å². The molecule has 0 radical (unpaired) electrons. The summed E-state index contributed by atoms with van der Waals surface area (Å²) in [5.41, 5.74) is 13.9. The van der Waals surface area contributed by atoms with E-state index in [-0.39, 0.29) is 14.5 Å². The molecule has 0 spiro atoms. The molecule has 1 nitrogen and oxygen atoms in total. The van der Waals surface area contributed by atoms with Crippen LogP contribution in [0.4, 0.5) is 0 Å². The SMILES string of the molecule is c1ccc(-c2c3ccccc3c(-c3cccc4[se]c5cc(-c6c7ccccc7c(-c7ccc8c(c7)c7ccccc7n8-c7ccccc7)c7ccccc67)ccc5c34)c3ccccc23)cc1. The van der Waals surface area contributed by atoms with Crippen molar-refractivity contribution in [2.75, 3.05) is 0 Å². The average Bonchev–Trinajstić information content (AvgIpc) is 3.93. The van der Waals surface area contributed by atoms with Gasteiger partial charge in [-0.2, -0.15) is 0 Å². The van der Waals surface area contributed by atoms with E-state index >= 15 is 0 Å². The van der Waals surface area contributed by atoms with Crippen LogP contribution in [0.2, 0.25) is 0 Å². The molecular formula is C64H39NSe. The minimum atomic E-state index is 0.145. The Morgan fingerprint density at radius 3 is 1.30 bits per heavy atom. The Labute approximate surface area is 387 Å². The average molecular weight is 901 g/mol. The molecule has 2 aromatic heterocycles. The van der Waals surface area contributed by atoms with Crippen molar-refractivity contribution in [2.45, 2.75) is 0 Å². The molecule has 0 aliphatic heterocycles. The van der Waals surface area contributed by atoms with Gasteiger partial charge in [-0.1, -0.05) is 30.3 Å². The second-order valence-corrected chi connectivity index (χ2v) is 19.7. The van der Waals surface area contributed by atoms with Gasteiger partial charge < -0.3 is 0 Å². The summed E-state index contributed by atoms with van der Waals surface area (Å²) < 4.78 is 5.28. The molecule has 0 saturated carbocycles. The molecule has 306 valence electrons. The zero-order chi connectivity index (χ0) is 43.3. The van der Waals surface area contributed by atoms with Crippen molar-refractivity contribution in [1.29, 1.82) is 0 Å². The summed E-state index contributed by atoms with van der Waals surface area (Å²) in [4.78, 5) is 0. The van der Waals surface area contributed by atoms with E-state index in [1.807, 2.05) is 0 Å². The molecule has 14 aromatic rings. The molecule has 0 amide bonds. The fourth-order valence-corrected chi connectivity index (χ4v) is 13.7. The predicted molar refractivity (Wildman–Crippen MR) is 285 cm³/mol. The number of benzene rings is 12. The second-order valence-electron chi connectivity index (χ2n) is 17.5. The van der Waals surface area contributed by atoms with Crippen LogP contribution in [0.5, 0.6) is 0 Å². The number of nitrogens with zero attached hydrogens (tertiary/aromatic N) is 1. The number of rotatable bonds is 5. The van der Waals surface area contributed by atoms with Crippen molar-refractivity contribution < 1.29 is 0 Å². The van der Waals surface area contributed by atoms with Gasteiger partial charge in [0, 0.05) is 5.69 Å². The molecule has 0 N–H and O–H groups in total. The van der Waals surface area contributed by atoms with Gasteiger partial charge in [0.2, 0.25) is 0 Å². The Morgan fingerprint density at radius 2 is 0.712 bits per heavy atom. The first-order chi connectivity index (χ1) is 32.8. The summed E-state index contributed by atoms with van der Waals surface area (Å²) in [6, 6.07) is 88.1. The summed E-state index contributed by atoms with van der Waals surface area (Å²) in [6.07, 6.45) is 0. The number of hydrogen-bond acceptors (Lipinski definition) is 0. The molecule has 0 aliphatic rings. The molecule has 14 rings (SSSR count). The second kappa shape index (κ2) is 14.8. The van der Waals surface area contributed by atoms with Crippen LogP contribution in [0, 0.1) is 0 Å². The Bertz CT molecular complexity index is 4160. The topological polar surface area (TPSA) is 4.93 Å². The molecule has 2 heterocycles. The summed E-state index contributed by atoms with van der Waals surface area (Å²) in [6.45, 7) is 0. The molecule has 0 saturated heterocycles. The Balaban J connectivity index is 0.977. The molecule has 12 aromatic carbocycles. The fourth-order valence-electron chi connectivity index (χ4n) is 11.3. The van der Waals surface area contributed by atoms with Crippen LogP contribution in [0.25, 0.3) is 134 Å². The van der Waals surface area contributed by atoms with Crippen LogP contribution in [0.15, 0.2) is 237 Å². The normalized spacial score (nSPS) is 11.9. The third kappa shape index (κ3) is 5.53. The Morgan fingerprint density at radius 1 is 0.258 bits per heavy atom. The van der Waals surface area contributed by atoms with Gasteiger partial charge in [0.1, 0.15) is 0 Å². The van der Waals surface area contributed by atoms with E-state index in [2.05, 4.69) is 241 Å². The van der Waals surface area contributed by atoms with E-state index in [1.165, 1.54) is 134 Å². The van der Waals surface area contributed by atoms with Gasteiger partial charge in [0.05, 0.1) is 0 Å². The van der Waals surface area contributed by atoms with Gasteiger partial charge in [0.15, 0.2) is 0 Å². The van der Waals surface area contributed by atoms with E-state index < -0.39 is 0 Å². The van der Waals surface area contributed by atoms with Crippen LogP contribution in [-0.4, -0.2) is 19.1 Å². The van der Waals surface area contributed by atoms with E-state index in [0.717, 1.165) is 0 Å². The first kappa shape index (κ1) is 37.4. The first-order valence-corrected chi connectivity index (χ1v) is 24.5. The summed E-state index contributed by atoms with van der Waals surface area (Å²) in [7, 11) is 0. The van der Waals surface area contributed by atoms with Crippen molar-refractivity contribution in [1.82, 2.24) is 4.57 Å². The summed E-state index contributed by atoms with van der Waals surface area (Å²) >= 11 is 0.145. The van der Waals surface area contributed by atoms with E-state index in [1.54, 1.807) is 0 Å². The predicted octanol–water partition coefficient (Wildman–Crippen LogP) is 17.4. The maximum absolute atomic E-state index is 2.52. The molecular weight excluding hydrogens is 862 g/mol. The molecule has 0 fully saturated rings. The number of hydrogen-bond donors (Lipinski definition) is 0. The van der Waals surface area contributed by atoms with Crippen LogP contribution in [-0.2, 0) is 0 Å². The quantitative estimate of drug-likeness (QED) is 0.120. The molecule has 0 atom stereocenters. The monoisotopic (exact) mass is 901 g/mol. The Hall–Kier alpha value is -8.00. The third-order valence-electron chi connectivity index (χ3n) is 14.0. The van der Waals surface area contributed by atoms with E-state index in [4.69, 9.17) is 0 Å². The van der Waals surface area contributed by atoms with Crippen LogP contribution in [0.3, 0.4) is 0 Å². The zero-order valence-electron chi connectivity index (χ0n) is 35.9. The molecule has 0 aliphatic carbocycles.